The normalized spacial score (nSPS) is 16.1. The maximum absolute atomic E-state index is 14.2. The molecule has 0 aliphatic carbocycles. The number of imidazole rings is 1. The molecular weight excluding hydrogens is 340 g/mol. The Bertz CT molecular complexity index is 983. The van der Waals surface area contributed by atoms with E-state index in [9.17, 15) is 13.6 Å². The lowest BCUT2D eigenvalue weighted by Crippen LogP contribution is -2.25. The lowest BCUT2D eigenvalue weighted by molar-refractivity contribution is -0.116. The number of nitrogens with one attached hydrogen (secondary N) is 1. The molecule has 0 saturated carbocycles. The van der Waals surface area contributed by atoms with Gasteiger partial charge in [-0.05, 0) is 42.5 Å². The number of hydrogen-bond donors (Lipinski definition) is 1. The van der Waals surface area contributed by atoms with Crippen LogP contribution < -0.4 is 10.1 Å². The fourth-order valence-electron chi connectivity index (χ4n) is 3.18. The lowest BCUT2D eigenvalue weighted by atomic mass is 9.89. The van der Waals surface area contributed by atoms with E-state index in [0.29, 0.717) is 17.3 Å². The van der Waals surface area contributed by atoms with E-state index in [4.69, 9.17) is 4.74 Å². The van der Waals surface area contributed by atoms with Crippen LogP contribution in [-0.4, -0.2) is 22.6 Å². The third-order valence-corrected chi connectivity index (χ3v) is 4.46. The summed E-state index contributed by atoms with van der Waals surface area (Å²) in [5.41, 5.74) is 1.39. The molecule has 4 rings (SSSR count). The van der Waals surface area contributed by atoms with Crippen LogP contribution in [0.3, 0.4) is 0 Å². The number of carbonyl (C=O) groups excluding carboxylic acids is 1. The molecule has 132 valence electrons. The molecule has 1 aliphatic heterocycles. The van der Waals surface area contributed by atoms with E-state index < -0.39 is 17.6 Å². The molecule has 0 saturated heterocycles. The smallest absolute Gasteiger partial charge is 0.226 e. The first-order valence-corrected chi connectivity index (χ1v) is 8.03. The third-order valence-electron chi connectivity index (χ3n) is 4.46. The summed E-state index contributed by atoms with van der Waals surface area (Å²) in [5, 5.41) is 2.78. The molecule has 1 aliphatic rings. The first-order valence-electron chi connectivity index (χ1n) is 8.03. The zero-order valence-corrected chi connectivity index (χ0v) is 13.9. The Hall–Kier alpha value is -3.22. The predicted octanol–water partition coefficient (Wildman–Crippen LogP) is 3.63. The molecule has 0 spiro atoms. The number of benzene rings is 2. The van der Waals surface area contributed by atoms with Crippen molar-refractivity contribution in [2.75, 3.05) is 12.4 Å². The van der Waals surface area contributed by atoms with E-state index in [1.807, 2.05) is 12.1 Å². The number of ether oxygens (including phenoxy) is 1. The molecule has 0 bridgehead atoms. The summed E-state index contributed by atoms with van der Waals surface area (Å²) in [6.07, 6.45) is 1.56. The molecule has 0 unspecified atom stereocenters. The first kappa shape index (κ1) is 16.3. The average molecular weight is 355 g/mol. The van der Waals surface area contributed by atoms with Crippen molar-refractivity contribution < 1.29 is 18.3 Å². The van der Waals surface area contributed by atoms with E-state index in [1.165, 1.54) is 0 Å². The number of hydrogen-bond acceptors (Lipinski definition) is 3. The topological polar surface area (TPSA) is 56.1 Å². The van der Waals surface area contributed by atoms with Crippen LogP contribution in [0.5, 0.6) is 5.75 Å². The number of carbonyl (C=O) groups is 1. The SMILES string of the molecule is COc1ccc(-n2cnc3c2NC(=O)C[C@H]3c2cc(F)ccc2F)cc1. The molecule has 2 heterocycles. The number of methoxy groups -OCH3 is 1. The van der Waals surface area contributed by atoms with Crippen molar-refractivity contribution in [1.82, 2.24) is 9.55 Å². The fraction of sp³-hybridized carbons (Fsp3) is 0.158. The van der Waals surface area contributed by atoms with Gasteiger partial charge in [-0.3, -0.25) is 9.36 Å². The number of fused-ring (bicyclic) bond motifs is 1. The van der Waals surface area contributed by atoms with Crippen LogP contribution >= 0.6 is 0 Å². The van der Waals surface area contributed by atoms with E-state index >= 15 is 0 Å². The van der Waals surface area contributed by atoms with E-state index in [2.05, 4.69) is 10.3 Å². The summed E-state index contributed by atoms with van der Waals surface area (Å²) in [6.45, 7) is 0. The number of nitrogens with zero attached hydrogens (tertiary/aromatic N) is 2. The van der Waals surface area contributed by atoms with Gasteiger partial charge in [-0.15, -0.1) is 0 Å². The van der Waals surface area contributed by atoms with Crippen LogP contribution in [0.15, 0.2) is 48.8 Å². The molecule has 1 N–H and O–H groups in total. The van der Waals surface area contributed by atoms with Crippen molar-refractivity contribution in [3.63, 3.8) is 0 Å². The van der Waals surface area contributed by atoms with Crippen LogP contribution in [0.4, 0.5) is 14.6 Å². The van der Waals surface area contributed by atoms with Crippen LogP contribution in [0.1, 0.15) is 23.6 Å². The summed E-state index contributed by atoms with van der Waals surface area (Å²) in [7, 11) is 1.58. The second kappa shape index (κ2) is 6.25. The Morgan fingerprint density at radius 1 is 1.19 bits per heavy atom. The number of rotatable bonds is 3. The van der Waals surface area contributed by atoms with Crippen molar-refractivity contribution >= 4 is 11.7 Å². The van der Waals surface area contributed by atoms with Gasteiger partial charge in [0.1, 0.15) is 29.5 Å². The van der Waals surface area contributed by atoms with Crippen molar-refractivity contribution in [1.29, 1.82) is 0 Å². The standard InChI is InChI=1S/C19H15F2N3O2/c1-26-13-5-3-12(4-6-13)24-10-22-18-15(9-17(25)23-19(18)24)14-8-11(20)2-7-16(14)21/h2-8,10,15H,9H2,1H3,(H,23,25)/t15-/m0/s1. The highest BCUT2D eigenvalue weighted by Gasteiger charge is 2.32. The van der Waals surface area contributed by atoms with Gasteiger partial charge in [-0.25, -0.2) is 13.8 Å². The van der Waals surface area contributed by atoms with Gasteiger partial charge in [0.25, 0.3) is 0 Å². The summed E-state index contributed by atoms with van der Waals surface area (Å²) in [5.74, 6) is -0.874. The number of halogens is 2. The number of aromatic nitrogens is 2. The minimum atomic E-state index is -0.644. The highest BCUT2D eigenvalue weighted by atomic mass is 19.1. The quantitative estimate of drug-likeness (QED) is 0.781. The zero-order valence-electron chi connectivity index (χ0n) is 13.9. The Morgan fingerprint density at radius 2 is 1.96 bits per heavy atom. The Kier molecular flexibility index (Phi) is 3.91. The summed E-state index contributed by atoms with van der Waals surface area (Å²) >= 11 is 0. The molecule has 2 aromatic carbocycles. The van der Waals surface area contributed by atoms with Crippen LogP contribution in [0, 0.1) is 11.6 Å². The van der Waals surface area contributed by atoms with E-state index in [0.717, 1.165) is 23.9 Å². The largest absolute Gasteiger partial charge is 0.497 e. The van der Waals surface area contributed by atoms with Crippen molar-refractivity contribution in [2.45, 2.75) is 12.3 Å². The van der Waals surface area contributed by atoms with Crippen molar-refractivity contribution in [3.05, 3.63) is 71.7 Å². The lowest BCUT2D eigenvalue weighted by Gasteiger charge is -2.23. The van der Waals surface area contributed by atoms with Gasteiger partial charge in [0.2, 0.25) is 5.91 Å². The molecule has 0 fully saturated rings. The van der Waals surface area contributed by atoms with E-state index in [-0.39, 0.29) is 17.9 Å². The monoisotopic (exact) mass is 355 g/mol. The van der Waals surface area contributed by atoms with Gasteiger partial charge in [-0.1, -0.05) is 0 Å². The highest BCUT2D eigenvalue weighted by molar-refractivity contribution is 5.94. The molecule has 3 aromatic rings. The molecule has 1 atom stereocenters. The van der Waals surface area contributed by atoms with Crippen LogP contribution in [0.25, 0.3) is 5.69 Å². The fourth-order valence-corrected chi connectivity index (χ4v) is 3.18. The first-order chi connectivity index (χ1) is 12.6. The Morgan fingerprint density at radius 3 is 2.69 bits per heavy atom. The molecular formula is C19H15F2N3O2. The third kappa shape index (κ3) is 2.71. The second-order valence-corrected chi connectivity index (χ2v) is 6.02. The maximum Gasteiger partial charge on any atom is 0.226 e. The molecule has 1 amide bonds. The Balaban J connectivity index is 1.81. The van der Waals surface area contributed by atoms with Gasteiger partial charge in [0.15, 0.2) is 0 Å². The second-order valence-electron chi connectivity index (χ2n) is 6.02. The summed E-state index contributed by atoms with van der Waals surface area (Å²) < 4.78 is 34.7. The van der Waals surface area contributed by atoms with Gasteiger partial charge in [0, 0.05) is 23.6 Å². The van der Waals surface area contributed by atoms with Gasteiger partial charge in [0.05, 0.1) is 12.8 Å². The molecule has 1 aromatic heterocycles. The number of anilines is 1. The molecule has 5 nitrogen and oxygen atoms in total. The van der Waals surface area contributed by atoms with Crippen LogP contribution in [0.2, 0.25) is 0 Å². The van der Waals surface area contributed by atoms with Gasteiger partial charge >= 0.3 is 0 Å². The van der Waals surface area contributed by atoms with Crippen LogP contribution in [-0.2, 0) is 4.79 Å². The predicted molar refractivity (Wildman–Crippen MR) is 91.6 cm³/mol. The minimum absolute atomic E-state index is 0.00694. The number of amides is 1. The summed E-state index contributed by atoms with van der Waals surface area (Å²) in [6, 6.07) is 10.5. The highest BCUT2D eigenvalue weighted by Crippen LogP contribution is 2.38. The molecule has 26 heavy (non-hydrogen) atoms. The van der Waals surface area contributed by atoms with Crippen molar-refractivity contribution in [3.8, 4) is 11.4 Å². The molecule has 7 heteroatoms. The summed E-state index contributed by atoms with van der Waals surface area (Å²) in [4.78, 5) is 16.6. The zero-order chi connectivity index (χ0) is 18.3. The van der Waals surface area contributed by atoms with Crippen molar-refractivity contribution in [2.24, 2.45) is 0 Å². The minimum Gasteiger partial charge on any atom is -0.497 e. The average Bonchev–Trinajstić information content (AvgIpc) is 3.07. The molecule has 0 radical (unpaired) electrons. The Labute approximate surface area is 148 Å². The maximum atomic E-state index is 14.2. The van der Waals surface area contributed by atoms with Gasteiger partial charge < -0.3 is 10.1 Å². The van der Waals surface area contributed by atoms with E-state index in [1.54, 1.807) is 30.1 Å². The van der Waals surface area contributed by atoms with Gasteiger partial charge in [-0.2, -0.15) is 0 Å².